The van der Waals surface area contributed by atoms with Crippen LogP contribution in [0, 0.1) is 0 Å². The maximum absolute atomic E-state index is 13.0. The van der Waals surface area contributed by atoms with E-state index in [9.17, 15) is 9.90 Å². The molecule has 6 heteroatoms. The number of benzene rings is 3. The van der Waals surface area contributed by atoms with Gasteiger partial charge in [-0.15, -0.1) is 0 Å². The van der Waals surface area contributed by atoms with Gasteiger partial charge in [0.1, 0.15) is 24.2 Å². The molecule has 172 valence electrons. The van der Waals surface area contributed by atoms with Gasteiger partial charge in [0, 0.05) is 38.3 Å². The summed E-state index contributed by atoms with van der Waals surface area (Å²) in [5.74, 6) is 1.54. The molecule has 1 amide bonds. The summed E-state index contributed by atoms with van der Waals surface area (Å²) in [6.45, 7) is 2.23. The third kappa shape index (κ3) is 6.05. The molecule has 1 heterocycles. The highest BCUT2D eigenvalue weighted by atomic mass is 16.5. The Balaban J connectivity index is 1.42. The molecule has 3 aromatic rings. The Labute approximate surface area is 195 Å². The number of aliphatic hydroxyl groups is 1. The first-order chi connectivity index (χ1) is 16.1. The molecule has 0 radical (unpaired) electrons. The Morgan fingerprint density at radius 1 is 0.909 bits per heavy atom. The highest BCUT2D eigenvalue weighted by Crippen LogP contribution is 2.26. The fraction of sp³-hybridized carbons (Fsp3) is 0.296. The first-order valence-corrected chi connectivity index (χ1v) is 11.2. The number of rotatable bonds is 8. The highest BCUT2D eigenvalue weighted by Gasteiger charge is 2.24. The predicted octanol–water partition coefficient (Wildman–Crippen LogP) is 3.87. The molecule has 1 unspecified atom stereocenters. The molecule has 0 spiro atoms. The maximum atomic E-state index is 13.0. The van der Waals surface area contributed by atoms with Crippen molar-refractivity contribution in [1.82, 2.24) is 4.90 Å². The standard InChI is InChI=1S/C27H30N2O4/c1-32-24-11-13-25(14-12-24)33-20-23(30)19-28-16-15-27(31)29(17-21-7-3-2-4-8-21)18-22-9-5-6-10-26(22)28/h2-14,23,30H,15-20H2,1H3. The van der Waals surface area contributed by atoms with Gasteiger partial charge in [0.25, 0.3) is 0 Å². The Morgan fingerprint density at radius 3 is 2.36 bits per heavy atom. The van der Waals surface area contributed by atoms with E-state index in [1.54, 1.807) is 7.11 Å². The largest absolute Gasteiger partial charge is 0.497 e. The number of para-hydroxylation sites is 1. The number of nitrogens with zero attached hydrogens (tertiary/aromatic N) is 2. The first-order valence-electron chi connectivity index (χ1n) is 11.2. The second-order valence-electron chi connectivity index (χ2n) is 8.20. The average molecular weight is 447 g/mol. The van der Waals surface area contributed by atoms with E-state index in [-0.39, 0.29) is 12.5 Å². The van der Waals surface area contributed by atoms with E-state index in [4.69, 9.17) is 9.47 Å². The van der Waals surface area contributed by atoms with Crippen molar-refractivity contribution < 1.29 is 19.4 Å². The van der Waals surface area contributed by atoms with Crippen molar-refractivity contribution in [1.29, 1.82) is 0 Å². The van der Waals surface area contributed by atoms with Crippen molar-refractivity contribution in [3.8, 4) is 11.5 Å². The van der Waals surface area contributed by atoms with E-state index in [1.165, 1.54) is 0 Å². The van der Waals surface area contributed by atoms with Gasteiger partial charge in [0.2, 0.25) is 5.91 Å². The number of amides is 1. The zero-order valence-corrected chi connectivity index (χ0v) is 18.9. The topological polar surface area (TPSA) is 62.2 Å². The molecule has 1 aliphatic rings. The van der Waals surface area contributed by atoms with E-state index in [0.717, 1.165) is 22.6 Å². The number of aliphatic hydroxyl groups excluding tert-OH is 1. The smallest absolute Gasteiger partial charge is 0.224 e. The van der Waals surface area contributed by atoms with Crippen molar-refractivity contribution in [3.05, 3.63) is 90.0 Å². The number of ether oxygens (including phenoxy) is 2. The van der Waals surface area contributed by atoms with E-state index in [0.29, 0.717) is 38.3 Å². The van der Waals surface area contributed by atoms with Crippen LogP contribution in [-0.2, 0) is 17.9 Å². The monoisotopic (exact) mass is 446 g/mol. The van der Waals surface area contributed by atoms with Gasteiger partial charge in [-0.05, 0) is 41.5 Å². The van der Waals surface area contributed by atoms with Crippen molar-refractivity contribution in [2.75, 3.05) is 31.7 Å². The molecule has 0 bridgehead atoms. The number of hydrogen-bond acceptors (Lipinski definition) is 5. The number of carbonyl (C=O) groups is 1. The molecule has 1 aliphatic heterocycles. The van der Waals surface area contributed by atoms with E-state index in [2.05, 4.69) is 17.0 Å². The Kier molecular flexibility index (Phi) is 7.47. The second-order valence-corrected chi connectivity index (χ2v) is 8.20. The Bertz CT molecular complexity index is 1040. The van der Waals surface area contributed by atoms with Crippen LogP contribution in [0.1, 0.15) is 17.5 Å². The van der Waals surface area contributed by atoms with Gasteiger partial charge in [0.15, 0.2) is 0 Å². The average Bonchev–Trinajstić information content (AvgIpc) is 2.85. The van der Waals surface area contributed by atoms with E-state index >= 15 is 0 Å². The fourth-order valence-electron chi connectivity index (χ4n) is 4.06. The van der Waals surface area contributed by atoms with Crippen LogP contribution in [0.25, 0.3) is 0 Å². The lowest BCUT2D eigenvalue weighted by molar-refractivity contribution is -0.132. The molecule has 0 saturated carbocycles. The number of carbonyl (C=O) groups excluding carboxylic acids is 1. The highest BCUT2D eigenvalue weighted by molar-refractivity contribution is 5.78. The van der Waals surface area contributed by atoms with Crippen LogP contribution in [0.4, 0.5) is 5.69 Å². The lowest BCUT2D eigenvalue weighted by atomic mass is 10.1. The summed E-state index contributed by atoms with van der Waals surface area (Å²) >= 11 is 0. The van der Waals surface area contributed by atoms with Crippen LogP contribution in [0.3, 0.4) is 0 Å². The number of anilines is 1. The van der Waals surface area contributed by atoms with Gasteiger partial charge >= 0.3 is 0 Å². The Hall–Kier alpha value is -3.51. The minimum absolute atomic E-state index is 0.113. The lowest BCUT2D eigenvalue weighted by Crippen LogP contribution is -2.41. The van der Waals surface area contributed by atoms with Gasteiger partial charge in [-0.2, -0.15) is 0 Å². The van der Waals surface area contributed by atoms with E-state index < -0.39 is 6.10 Å². The molecule has 0 saturated heterocycles. The molecule has 1 atom stereocenters. The van der Waals surface area contributed by atoms with Crippen LogP contribution in [0.15, 0.2) is 78.9 Å². The van der Waals surface area contributed by atoms with Crippen LogP contribution in [-0.4, -0.2) is 48.8 Å². The van der Waals surface area contributed by atoms with Gasteiger partial charge in [-0.3, -0.25) is 4.79 Å². The third-order valence-corrected chi connectivity index (χ3v) is 5.79. The molecule has 4 rings (SSSR count). The summed E-state index contributed by atoms with van der Waals surface area (Å²) < 4.78 is 10.9. The minimum Gasteiger partial charge on any atom is -0.497 e. The molecule has 3 aromatic carbocycles. The number of β-amino-alcohol motifs (C(OH)–C–C–N with tert-alkyl or cyclic N) is 1. The molecule has 0 aromatic heterocycles. The minimum atomic E-state index is -0.699. The van der Waals surface area contributed by atoms with Crippen LogP contribution in [0.2, 0.25) is 0 Å². The Morgan fingerprint density at radius 2 is 1.61 bits per heavy atom. The summed E-state index contributed by atoms with van der Waals surface area (Å²) in [6, 6.07) is 25.4. The molecule has 33 heavy (non-hydrogen) atoms. The van der Waals surface area contributed by atoms with E-state index in [1.807, 2.05) is 71.6 Å². The molecular weight excluding hydrogens is 416 g/mol. The third-order valence-electron chi connectivity index (χ3n) is 5.79. The molecule has 6 nitrogen and oxygen atoms in total. The van der Waals surface area contributed by atoms with Crippen molar-refractivity contribution in [2.24, 2.45) is 0 Å². The molecular formula is C27H30N2O4. The maximum Gasteiger partial charge on any atom is 0.224 e. The fourth-order valence-corrected chi connectivity index (χ4v) is 4.06. The zero-order valence-electron chi connectivity index (χ0n) is 18.9. The van der Waals surface area contributed by atoms with Crippen LogP contribution in [0.5, 0.6) is 11.5 Å². The summed E-state index contributed by atoms with van der Waals surface area (Å²) in [4.78, 5) is 17.0. The summed E-state index contributed by atoms with van der Waals surface area (Å²) in [6.07, 6.45) is -0.303. The second kappa shape index (κ2) is 10.9. The van der Waals surface area contributed by atoms with Crippen molar-refractivity contribution in [3.63, 3.8) is 0 Å². The summed E-state index contributed by atoms with van der Waals surface area (Å²) in [7, 11) is 1.62. The van der Waals surface area contributed by atoms with Gasteiger partial charge < -0.3 is 24.4 Å². The predicted molar refractivity (Wildman–Crippen MR) is 128 cm³/mol. The molecule has 0 aliphatic carbocycles. The number of fused-ring (bicyclic) bond motifs is 1. The first kappa shape index (κ1) is 22.7. The molecule has 0 fully saturated rings. The van der Waals surface area contributed by atoms with Gasteiger partial charge in [-0.1, -0.05) is 48.5 Å². The summed E-state index contributed by atoms with van der Waals surface area (Å²) in [5.41, 5.74) is 3.24. The van der Waals surface area contributed by atoms with Gasteiger partial charge in [-0.25, -0.2) is 0 Å². The lowest BCUT2D eigenvalue weighted by Gasteiger charge is -2.34. The number of methoxy groups -OCH3 is 1. The van der Waals surface area contributed by atoms with Crippen LogP contribution >= 0.6 is 0 Å². The van der Waals surface area contributed by atoms with Crippen molar-refractivity contribution >= 4 is 11.6 Å². The van der Waals surface area contributed by atoms with Crippen LogP contribution < -0.4 is 14.4 Å². The van der Waals surface area contributed by atoms with Gasteiger partial charge in [0.05, 0.1) is 7.11 Å². The number of hydrogen-bond donors (Lipinski definition) is 1. The SMILES string of the molecule is COc1ccc(OCC(O)CN2CCC(=O)N(Cc3ccccc3)Cc3ccccc32)cc1. The summed E-state index contributed by atoms with van der Waals surface area (Å²) in [5, 5.41) is 10.7. The zero-order chi connectivity index (χ0) is 23.0. The molecule has 1 N–H and O–H groups in total. The van der Waals surface area contributed by atoms with Crippen molar-refractivity contribution in [2.45, 2.75) is 25.6 Å². The normalized spacial score (nSPS) is 14.8. The quantitative estimate of drug-likeness (QED) is 0.569.